The van der Waals surface area contributed by atoms with Gasteiger partial charge in [0.25, 0.3) is 0 Å². The third-order valence-electron chi connectivity index (χ3n) is 4.65. The Balaban J connectivity index is 1.44. The molecule has 4 rings (SSSR count). The van der Waals surface area contributed by atoms with Crippen molar-refractivity contribution in [1.82, 2.24) is 4.98 Å². The van der Waals surface area contributed by atoms with E-state index in [9.17, 15) is 0 Å². The smallest absolute Gasteiger partial charge is 0.227 e. The van der Waals surface area contributed by atoms with Crippen LogP contribution < -0.4 is 4.90 Å². The first-order valence-electron chi connectivity index (χ1n) is 8.90. The molecule has 0 N–H and O–H groups in total. The fourth-order valence-electron chi connectivity index (χ4n) is 3.06. The molecule has 0 atom stereocenters. The summed E-state index contributed by atoms with van der Waals surface area (Å²) in [6.07, 6.45) is 2.06. The first-order chi connectivity index (χ1) is 12.7. The number of para-hydroxylation sites is 2. The minimum atomic E-state index is 0.678. The predicted molar refractivity (Wildman–Crippen MR) is 108 cm³/mol. The number of aromatic nitrogens is 1. The fraction of sp³-hybridized carbons (Fsp3) is 0.174. The Hall–Kier alpha value is -3.07. The number of benzene rings is 3. The van der Waals surface area contributed by atoms with Crippen molar-refractivity contribution in [3.05, 3.63) is 83.9 Å². The van der Waals surface area contributed by atoms with Gasteiger partial charge in [-0.2, -0.15) is 0 Å². The van der Waals surface area contributed by atoms with Crippen molar-refractivity contribution >= 4 is 16.8 Å². The van der Waals surface area contributed by atoms with Gasteiger partial charge in [-0.15, -0.1) is 0 Å². The highest BCUT2D eigenvalue weighted by Gasteiger charge is 2.07. The average molecular weight is 342 g/mol. The molecule has 4 aromatic rings. The maximum Gasteiger partial charge on any atom is 0.227 e. The lowest BCUT2D eigenvalue weighted by Gasteiger charge is -2.12. The molecule has 0 saturated carbocycles. The van der Waals surface area contributed by atoms with Gasteiger partial charge < -0.3 is 9.32 Å². The second-order valence-corrected chi connectivity index (χ2v) is 6.74. The van der Waals surface area contributed by atoms with E-state index in [1.807, 2.05) is 24.3 Å². The molecular formula is C23H22N2O. The van der Waals surface area contributed by atoms with Crippen molar-refractivity contribution in [2.75, 3.05) is 19.0 Å². The molecule has 0 aliphatic heterocycles. The van der Waals surface area contributed by atoms with Crippen molar-refractivity contribution in [1.29, 1.82) is 0 Å². The molecule has 26 heavy (non-hydrogen) atoms. The number of anilines is 1. The van der Waals surface area contributed by atoms with Crippen LogP contribution >= 0.6 is 0 Å². The Labute approximate surface area is 153 Å². The third-order valence-corrected chi connectivity index (χ3v) is 4.65. The summed E-state index contributed by atoms with van der Waals surface area (Å²) < 4.78 is 5.84. The van der Waals surface area contributed by atoms with Crippen molar-refractivity contribution in [2.24, 2.45) is 0 Å². The number of fused-ring (bicyclic) bond motifs is 1. The third kappa shape index (κ3) is 3.47. The van der Waals surface area contributed by atoms with E-state index in [2.05, 4.69) is 72.5 Å². The number of hydrogen-bond donors (Lipinski definition) is 0. The first-order valence-corrected chi connectivity index (χ1v) is 8.90. The van der Waals surface area contributed by atoms with Crippen molar-refractivity contribution in [3.8, 4) is 11.5 Å². The highest BCUT2D eigenvalue weighted by molar-refractivity contribution is 5.75. The minimum Gasteiger partial charge on any atom is -0.436 e. The van der Waals surface area contributed by atoms with E-state index in [-0.39, 0.29) is 0 Å². The normalized spacial score (nSPS) is 11.0. The van der Waals surface area contributed by atoms with Crippen LogP contribution in [0.4, 0.5) is 5.69 Å². The molecular weight excluding hydrogens is 320 g/mol. The van der Waals surface area contributed by atoms with Crippen LogP contribution in [0.25, 0.3) is 22.6 Å². The van der Waals surface area contributed by atoms with E-state index in [1.54, 1.807) is 0 Å². The molecule has 3 aromatic carbocycles. The van der Waals surface area contributed by atoms with Crippen LogP contribution in [0.2, 0.25) is 0 Å². The Morgan fingerprint density at radius 2 is 1.38 bits per heavy atom. The van der Waals surface area contributed by atoms with Gasteiger partial charge >= 0.3 is 0 Å². The zero-order chi connectivity index (χ0) is 17.9. The molecule has 0 spiro atoms. The lowest BCUT2D eigenvalue weighted by atomic mass is 10.0. The van der Waals surface area contributed by atoms with Gasteiger partial charge in [-0.25, -0.2) is 4.98 Å². The van der Waals surface area contributed by atoms with Crippen LogP contribution in [-0.4, -0.2) is 19.1 Å². The molecule has 0 fully saturated rings. The molecule has 3 nitrogen and oxygen atoms in total. The van der Waals surface area contributed by atoms with Crippen LogP contribution in [0.5, 0.6) is 0 Å². The lowest BCUT2D eigenvalue weighted by molar-refractivity contribution is 0.620. The average Bonchev–Trinajstić information content (AvgIpc) is 3.11. The quantitative estimate of drug-likeness (QED) is 0.490. The highest BCUT2D eigenvalue weighted by atomic mass is 16.3. The Kier molecular flexibility index (Phi) is 4.44. The van der Waals surface area contributed by atoms with Crippen LogP contribution in [0, 0.1) is 0 Å². The van der Waals surface area contributed by atoms with Gasteiger partial charge in [0.05, 0.1) is 0 Å². The number of hydrogen-bond acceptors (Lipinski definition) is 3. The summed E-state index contributed by atoms with van der Waals surface area (Å²) in [6, 6.07) is 25.1. The zero-order valence-electron chi connectivity index (χ0n) is 15.1. The van der Waals surface area contributed by atoms with Gasteiger partial charge in [0.1, 0.15) is 5.52 Å². The summed E-state index contributed by atoms with van der Waals surface area (Å²) >= 11 is 0. The van der Waals surface area contributed by atoms with Crippen molar-refractivity contribution < 1.29 is 4.42 Å². The van der Waals surface area contributed by atoms with E-state index in [0.717, 1.165) is 29.5 Å². The Morgan fingerprint density at radius 3 is 2.00 bits per heavy atom. The molecule has 0 radical (unpaired) electrons. The predicted octanol–water partition coefficient (Wildman–Crippen LogP) is 5.35. The van der Waals surface area contributed by atoms with E-state index in [0.29, 0.717) is 5.89 Å². The number of aryl methyl sites for hydroxylation is 2. The summed E-state index contributed by atoms with van der Waals surface area (Å²) in [4.78, 5) is 6.68. The van der Waals surface area contributed by atoms with Gasteiger partial charge in [0, 0.05) is 25.3 Å². The molecule has 0 amide bonds. The van der Waals surface area contributed by atoms with Gasteiger partial charge in [-0.3, -0.25) is 0 Å². The second kappa shape index (κ2) is 7.04. The molecule has 3 heteroatoms. The van der Waals surface area contributed by atoms with E-state index < -0.39 is 0 Å². The maximum absolute atomic E-state index is 5.84. The molecule has 0 aliphatic rings. The highest BCUT2D eigenvalue weighted by Crippen LogP contribution is 2.24. The standard InChI is InChI=1S/C23H22N2O/c1-25(2)20-15-11-18(12-16-20)8-7-17-9-13-19(14-10-17)23-24-21-5-3-4-6-22(21)26-23/h3-6,9-16H,7-8H2,1-2H3. The SMILES string of the molecule is CN(C)c1ccc(CCc2ccc(-c3nc4ccccc4o3)cc2)cc1. The Morgan fingerprint density at radius 1 is 0.769 bits per heavy atom. The Bertz CT molecular complexity index is 966. The molecule has 0 aliphatic carbocycles. The molecule has 0 unspecified atom stereocenters. The zero-order valence-corrected chi connectivity index (χ0v) is 15.1. The first kappa shape index (κ1) is 16.4. The van der Waals surface area contributed by atoms with Gasteiger partial charge in [-0.1, -0.05) is 36.4 Å². The number of nitrogens with zero attached hydrogens (tertiary/aromatic N) is 2. The van der Waals surface area contributed by atoms with E-state index in [1.165, 1.54) is 16.8 Å². The monoisotopic (exact) mass is 342 g/mol. The van der Waals surface area contributed by atoms with Gasteiger partial charge in [0.2, 0.25) is 5.89 Å². The van der Waals surface area contributed by atoms with E-state index >= 15 is 0 Å². The van der Waals surface area contributed by atoms with Gasteiger partial charge in [-0.05, 0) is 60.4 Å². The maximum atomic E-state index is 5.84. The molecule has 1 heterocycles. The largest absolute Gasteiger partial charge is 0.436 e. The number of oxazole rings is 1. The summed E-state index contributed by atoms with van der Waals surface area (Å²) in [5.74, 6) is 0.678. The van der Waals surface area contributed by atoms with Crippen molar-refractivity contribution in [3.63, 3.8) is 0 Å². The van der Waals surface area contributed by atoms with Crippen LogP contribution in [0.3, 0.4) is 0 Å². The minimum absolute atomic E-state index is 0.678. The molecule has 0 saturated heterocycles. The van der Waals surface area contributed by atoms with Crippen LogP contribution in [-0.2, 0) is 12.8 Å². The topological polar surface area (TPSA) is 29.3 Å². The lowest BCUT2D eigenvalue weighted by Crippen LogP contribution is -2.08. The van der Waals surface area contributed by atoms with Gasteiger partial charge in [0.15, 0.2) is 5.58 Å². The summed E-state index contributed by atoms with van der Waals surface area (Å²) in [7, 11) is 4.13. The van der Waals surface area contributed by atoms with Crippen LogP contribution in [0.1, 0.15) is 11.1 Å². The number of rotatable bonds is 5. The molecule has 1 aromatic heterocycles. The summed E-state index contributed by atoms with van der Waals surface area (Å²) in [6.45, 7) is 0. The van der Waals surface area contributed by atoms with Crippen molar-refractivity contribution in [2.45, 2.75) is 12.8 Å². The second-order valence-electron chi connectivity index (χ2n) is 6.74. The van der Waals surface area contributed by atoms with Crippen LogP contribution in [0.15, 0.2) is 77.2 Å². The summed E-state index contributed by atoms with van der Waals surface area (Å²) in [5.41, 5.74) is 6.65. The molecule has 130 valence electrons. The summed E-state index contributed by atoms with van der Waals surface area (Å²) in [5, 5.41) is 0. The fourth-order valence-corrected chi connectivity index (χ4v) is 3.06. The van der Waals surface area contributed by atoms with E-state index in [4.69, 9.17) is 4.42 Å². The molecule has 0 bridgehead atoms.